The average molecular weight is 297 g/mol. The van der Waals surface area contributed by atoms with Crippen LogP contribution in [0.2, 0.25) is 0 Å². The first kappa shape index (κ1) is 12.6. The van der Waals surface area contributed by atoms with Crippen LogP contribution in [0.25, 0.3) is 0 Å². The Hall–Kier alpha value is -0.870. The molecule has 1 aliphatic heterocycles. The lowest BCUT2D eigenvalue weighted by atomic mass is 10.0. The van der Waals surface area contributed by atoms with E-state index >= 15 is 0 Å². The number of carbonyl (C=O) groups excluding carboxylic acids is 1. The standard InChI is InChI=1S/C13H17BrN2O/c1-9-5-10(7-11(14)6-9)13(17)16-4-2-3-12(15)8-16/h5-7,12H,2-4,8,15H2,1H3/t12-/m1/s1. The van der Waals surface area contributed by atoms with Gasteiger partial charge in [-0.05, 0) is 43.5 Å². The van der Waals surface area contributed by atoms with Gasteiger partial charge in [-0.25, -0.2) is 0 Å². The Balaban J connectivity index is 2.18. The number of hydrogen-bond acceptors (Lipinski definition) is 2. The molecule has 1 atom stereocenters. The summed E-state index contributed by atoms with van der Waals surface area (Å²) in [7, 11) is 0. The number of carbonyl (C=O) groups is 1. The maximum atomic E-state index is 12.3. The number of halogens is 1. The lowest BCUT2D eigenvalue weighted by Crippen LogP contribution is -2.45. The van der Waals surface area contributed by atoms with Crippen molar-refractivity contribution in [2.24, 2.45) is 5.73 Å². The van der Waals surface area contributed by atoms with Crippen LogP contribution in [0.1, 0.15) is 28.8 Å². The van der Waals surface area contributed by atoms with Crippen LogP contribution in [0.4, 0.5) is 0 Å². The molecule has 92 valence electrons. The quantitative estimate of drug-likeness (QED) is 0.864. The second-order valence-corrected chi connectivity index (χ2v) is 5.59. The van der Waals surface area contributed by atoms with Crippen molar-refractivity contribution in [2.75, 3.05) is 13.1 Å². The van der Waals surface area contributed by atoms with Gasteiger partial charge in [0.05, 0.1) is 0 Å². The largest absolute Gasteiger partial charge is 0.337 e. The van der Waals surface area contributed by atoms with Gasteiger partial charge in [0.1, 0.15) is 0 Å². The zero-order chi connectivity index (χ0) is 12.4. The summed E-state index contributed by atoms with van der Waals surface area (Å²) in [5.41, 5.74) is 7.73. The van der Waals surface area contributed by atoms with Gasteiger partial charge in [-0.3, -0.25) is 4.79 Å². The smallest absolute Gasteiger partial charge is 0.253 e. The number of nitrogens with zero attached hydrogens (tertiary/aromatic N) is 1. The van der Waals surface area contributed by atoms with Gasteiger partial charge in [0.2, 0.25) is 0 Å². The van der Waals surface area contributed by atoms with Gasteiger partial charge in [-0.1, -0.05) is 15.9 Å². The average Bonchev–Trinajstić information content (AvgIpc) is 2.26. The molecule has 0 aromatic heterocycles. The van der Waals surface area contributed by atoms with Gasteiger partial charge in [-0.15, -0.1) is 0 Å². The van der Waals surface area contributed by atoms with Gasteiger partial charge in [0.25, 0.3) is 5.91 Å². The fourth-order valence-corrected chi connectivity index (χ4v) is 2.84. The van der Waals surface area contributed by atoms with E-state index in [1.165, 1.54) is 0 Å². The number of nitrogens with two attached hydrogens (primary N) is 1. The van der Waals surface area contributed by atoms with E-state index in [1.807, 2.05) is 30.0 Å². The van der Waals surface area contributed by atoms with Crippen LogP contribution in [-0.2, 0) is 0 Å². The first-order valence-corrected chi connectivity index (χ1v) is 6.67. The fourth-order valence-electron chi connectivity index (χ4n) is 2.24. The van der Waals surface area contributed by atoms with Crippen LogP contribution in [0.3, 0.4) is 0 Å². The normalized spacial score (nSPS) is 20.4. The lowest BCUT2D eigenvalue weighted by Gasteiger charge is -2.30. The van der Waals surface area contributed by atoms with Gasteiger partial charge >= 0.3 is 0 Å². The molecule has 0 radical (unpaired) electrons. The highest BCUT2D eigenvalue weighted by atomic mass is 79.9. The van der Waals surface area contributed by atoms with E-state index in [-0.39, 0.29) is 11.9 Å². The molecule has 1 aromatic rings. The highest BCUT2D eigenvalue weighted by Gasteiger charge is 2.22. The summed E-state index contributed by atoms with van der Waals surface area (Å²) < 4.78 is 0.946. The SMILES string of the molecule is Cc1cc(Br)cc(C(=O)N2CCC[C@@H](N)C2)c1. The van der Waals surface area contributed by atoms with E-state index in [1.54, 1.807) is 0 Å². The highest BCUT2D eigenvalue weighted by molar-refractivity contribution is 9.10. The van der Waals surface area contributed by atoms with Crippen LogP contribution in [0, 0.1) is 6.92 Å². The van der Waals surface area contributed by atoms with Gasteiger partial charge in [0.15, 0.2) is 0 Å². The zero-order valence-corrected chi connectivity index (χ0v) is 11.5. The number of rotatable bonds is 1. The lowest BCUT2D eigenvalue weighted by molar-refractivity contribution is 0.0708. The molecule has 1 aromatic carbocycles. The van der Waals surface area contributed by atoms with Crippen LogP contribution in [0.5, 0.6) is 0 Å². The molecule has 1 aliphatic rings. The molecule has 3 nitrogen and oxygen atoms in total. The van der Waals surface area contributed by atoms with E-state index < -0.39 is 0 Å². The minimum atomic E-state index is 0.0875. The second kappa shape index (κ2) is 5.19. The number of amides is 1. The summed E-state index contributed by atoms with van der Waals surface area (Å²) >= 11 is 3.42. The minimum Gasteiger partial charge on any atom is -0.337 e. The van der Waals surface area contributed by atoms with E-state index in [9.17, 15) is 4.79 Å². The maximum absolute atomic E-state index is 12.3. The van der Waals surface area contributed by atoms with Gasteiger partial charge in [0, 0.05) is 29.2 Å². The summed E-state index contributed by atoms with van der Waals surface area (Å²) in [4.78, 5) is 14.2. The van der Waals surface area contributed by atoms with Crippen LogP contribution in [-0.4, -0.2) is 29.9 Å². The molecular formula is C13H17BrN2O. The number of benzene rings is 1. The molecule has 0 spiro atoms. The summed E-state index contributed by atoms with van der Waals surface area (Å²) in [5, 5.41) is 0. The first-order chi connectivity index (χ1) is 8.06. The van der Waals surface area contributed by atoms with Crippen LogP contribution in [0.15, 0.2) is 22.7 Å². The summed E-state index contributed by atoms with van der Waals surface area (Å²) in [6.07, 6.45) is 2.02. The van der Waals surface area contributed by atoms with E-state index in [0.29, 0.717) is 6.54 Å². The molecule has 0 saturated carbocycles. The van der Waals surface area contributed by atoms with Crippen molar-refractivity contribution in [2.45, 2.75) is 25.8 Å². The Labute approximate surface area is 110 Å². The molecule has 1 fully saturated rings. The predicted molar refractivity (Wildman–Crippen MR) is 72.0 cm³/mol. The maximum Gasteiger partial charge on any atom is 0.253 e. The zero-order valence-electron chi connectivity index (χ0n) is 9.95. The second-order valence-electron chi connectivity index (χ2n) is 4.67. The number of likely N-dealkylation sites (tertiary alicyclic amines) is 1. The van der Waals surface area contributed by atoms with E-state index in [4.69, 9.17) is 5.73 Å². The van der Waals surface area contributed by atoms with Crippen molar-refractivity contribution in [3.63, 3.8) is 0 Å². The molecule has 4 heteroatoms. The molecular weight excluding hydrogens is 280 g/mol. The topological polar surface area (TPSA) is 46.3 Å². The third-order valence-corrected chi connectivity index (χ3v) is 3.49. The van der Waals surface area contributed by atoms with Crippen molar-refractivity contribution in [1.29, 1.82) is 0 Å². The Kier molecular flexibility index (Phi) is 3.84. The van der Waals surface area contributed by atoms with Gasteiger partial charge < -0.3 is 10.6 Å². The molecule has 0 unspecified atom stereocenters. The third kappa shape index (κ3) is 3.07. The van der Waals surface area contributed by atoms with Crippen molar-refractivity contribution >= 4 is 21.8 Å². The summed E-state index contributed by atoms with van der Waals surface area (Å²) in [6, 6.07) is 5.92. The molecule has 2 rings (SSSR count). The Morgan fingerprint density at radius 2 is 2.24 bits per heavy atom. The molecule has 2 N–H and O–H groups in total. The molecule has 1 saturated heterocycles. The molecule has 1 heterocycles. The number of piperidine rings is 1. The first-order valence-electron chi connectivity index (χ1n) is 5.88. The predicted octanol–water partition coefficient (Wildman–Crippen LogP) is 2.32. The van der Waals surface area contributed by atoms with E-state index in [0.717, 1.165) is 35.0 Å². The Morgan fingerprint density at radius 1 is 1.47 bits per heavy atom. The number of aryl methyl sites for hydroxylation is 1. The highest BCUT2D eigenvalue weighted by Crippen LogP contribution is 2.18. The third-order valence-electron chi connectivity index (χ3n) is 3.03. The number of hydrogen-bond donors (Lipinski definition) is 1. The molecule has 17 heavy (non-hydrogen) atoms. The van der Waals surface area contributed by atoms with Crippen LogP contribution >= 0.6 is 15.9 Å². The van der Waals surface area contributed by atoms with Crippen molar-refractivity contribution in [1.82, 2.24) is 4.90 Å². The van der Waals surface area contributed by atoms with E-state index in [2.05, 4.69) is 15.9 Å². The molecule has 0 bridgehead atoms. The van der Waals surface area contributed by atoms with Crippen molar-refractivity contribution < 1.29 is 4.79 Å². The monoisotopic (exact) mass is 296 g/mol. The fraction of sp³-hybridized carbons (Fsp3) is 0.462. The minimum absolute atomic E-state index is 0.0875. The van der Waals surface area contributed by atoms with Crippen molar-refractivity contribution in [3.05, 3.63) is 33.8 Å². The van der Waals surface area contributed by atoms with Crippen molar-refractivity contribution in [3.8, 4) is 0 Å². The summed E-state index contributed by atoms with van der Waals surface area (Å²) in [6.45, 7) is 3.48. The Morgan fingerprint density at radius 3 is 2.88 bits per heavy atom. The molecule has 0 aliphatic carbocycles. The summed E-state index contributed by atoms with van der Waals surface area (Å²) in [5.74, 6) is 0.0875. The van der Waals surface area contributed by atoms with Gasteiger partial charge in [-0.2, -0.15) is 0 Å². The van der Waals surface area contributed by atoms with Crippen LogP contribution < -0.4 is 5.73 Å². The Bertz CT molecular complexity index is 413. The molecule has 1 amide bonds.